The molecule has 1 aromatic rings. The van der Waals surface area contributed by atoms with Crippen molar-refractivity contribution in [2.75, 3.05) is 24.6 Å². The van der Waals surface area contributed by atoms with Gasteiger partial charge in [-0.15, -0.1) is 0 Å². The minimum absolute atomic E-state index is 0.0145. The van der Waals surface area contributed by atoms with Gasteiger partial charge < -0.3 is 9.64 Å². The van der Waals surface area contributed by atoms with Gasteiger partial charge in [0, 0.05) is 19.0 Å². The zero-order chi connectivity index (χ0) is 15.4. The van der Waals surface area contributed by atoms with Crippen molar-refractivity contribution in [2.24, 2.45) is 5.92 Å². The molecule has 0 aromatic heterocycles. The molecule has 21 heavy (non-hydrogen) atoms. The van der Waals surface area contributed by atoms with E-state index in [0.29, 0.717) is 31.1 Å². The normalized spacial score (nSPS) is 15.8. The number of nitro groups is 1. The molecule has 1 heterocycles. The SMILES string of the molecule is CCOc1cccc(N2CCC(C(C)=O)CC2)c1[N+](=O)[O-]. The first-order valence-corrected chi connectivity index (χ1v) is 7.20. The Morgan fingerprint density at radius 3 is 2.62 bits per heavy atom. The number of anilines is 1. The fraction of sp³-hybridized carbons (Fsp3) is 0.533. The summed E-state index contributed by atoms with van der Waals surface area (Å²) in [5.41, 5.74) is 0.591. The third kappa shape index (κ3) is 3.32. The highest BCUT2D eigenvalue weighted by molar-refractivity contribution is 5.79. The molecule has 1 aromatic carbocycles. The smallest absolute Gasteiger partial charge is 0.333 e. The number of Topliss-reactive ketones (excluding diaryl/α,β-unsaturated/α-hetero) is 1. The number of ketones is 1. The molecule has 1 aliphatic rings. The Kier molecular flexibility index (Phi) is 4.77. The van der Waals surface area contributed by atoms with Gasteiger partial charge in [-0.25, -0.2) is 0 Å². The van der Waals surface area contributed by atoms with Crippen LogP contribution < -0.4 is 9.64 Å². The van der Waals surface area contributed by atoms with Gasteiger partial charge in [0.1, 0.15) is 11.5 Å². The Morgan fingerprint density at radius 1 is 1.43 bits per heavy atom. The Bertz CT molecular complexity index is 536. The van der Waals surface area contributed by atoms with Crippen LogP contribution in [0.25, 0.3) is 0 Å². The molecule has 114 valence electrons. The number of rotatable bonds is 5. The van der Waals surface area contributed by atoms with Crippen molar-refractivity contribution in [3.8, 4) is 5.75 Å². The van der Waals surface area contributed by atoms with E-state index in [1.807, 2.05) is 4.90 Å². The number of ether oxygens (including phenoxy) is 1. The van der Waals surface area contributed by atoms with Crippen LogP contribution >= 0.6 is 0 Å². The van der Waals surface area contributed by atoms with Crippen molar-refractivity contribution in [1.29, 1.82) is 0 Å². The highest BCUT2D eigenvalue weighted by Crippen LogP contribution is 2.38. The van der Waals surface area contributed by atoms with Crippen LogP contribution in [-0.2, 0) is 4.79 Å². The molecule has 0 atom stereocenters. The van der Waals surface area contributed by atoms with Gasteiger partial charge in [0.2, 0.25) is 0 Å². The molecule has 2 rings (SSSR count). The lowest BCUT2D eigenvalue weighted by Crippen LogP contribution is -2.36. The van der Waals surface area contributed by atoms with Crippen LogP contribution in [0.15, 0.2) is 18.2 Å². The molecule has 0 saturated carbocycles. The van der Waals surface area contributed by atoms with E-state index in [1.54, 1.807) is 32.0 Å². The molecule has 6 nitrogen and oxygen atoms in total. The topological polar surface area (TPSA) is 72.7 Å². The van der Waals surface area contributed by atoms with Crippen LogP contribution in [0.1, 0.15) is 26.7 Å². The number of piperidine rings is 1. The minimum Gasteiger partial charge on any atom is -0.487 e. The van der Waals surface area contributed by atoms with Gasteiger partial charge in [0.05, 0.1) is 11.5 Å². The van der Waals surface area contributed by atoms with E-state index in [0.717, 1.165) is 12.8 Å². The fourth-order valence-electron chi connectivity index (χ4n) is 2.75. The number of hydrogen-bond acceptors (Lipinski definition) is 5. The summed E-state index contributed by atoms with van der Waals surface area (Å²) in [4.78, 5) is 24.4. The Labute approximate surface area is 123 Å². The van der Waals surface area contributed by atoms with Crippen molar-refractivity contribution < 1.29 is 14.5 Å². The van der Waals surface area contributed by atoms with Crippen molar-refractivity contribution in [1.82, 2.24) is 0 Å². The summed E-state index contributed by atoms with van der Waals surface area (Å²) in [6.07, 6.45) is 1.48. The first-order valence-electron chi connectivity index (χ1n) is 7.20. The predicted octanol–water partition coefficient (Wildman–Crippen LogP) is 2.80. The maximum atomic E-state index is 11.4. The molecule has 1 fully saturated rings. The van der Waals surface area contributed by atoms with Gasteiger partial charge in [0.25, 0.3) is 0 Å². The highest BCUT2D eigenvalue weighted by Gasteiger charge is 2.29. The number of nitro benzene ring substituents is 1. The molecule has 1 saturated heterocycles. The maximum Gasteiger partial charge on any atom is 0.333 e. The number of para-hydroxylation sites is 1. The lowest BCUT2D eigenvalue weighted by molar-refractivity contribution is -0.385. The van der Waals surface area contributed by atoms with E-state index in [4.69, 9.17) is 4.74 Å². The lowest BCUT2D eigenvalue weighted by atomic mass is 9.93. The quantitative estimate of drug-likeness (QED) is 0.616. The summed E-state index contributed by atoms with van der Waals surface area (Å²) in [6.45, 7) is 5.10. The summed E-state index contributed by atoms with van der Waals surface area (Å²) in [5, 5.41) is 11.4. The van der Waals surface area contributed by atoms with E-state index in [9.17, 15) is 14.9 Å². The molecule has 0 bridgehead atoms. The van der Waals surface area contributed by atoms with Gasteiger partial charge >= 0.3 is 5.69 Å². The van der Waals surface area contributed by atoms with Crippen LogP contribution in [0, 0.1) is 16.0 Å². The maximum absolute atomic E-state index is 11.4. The second kappa shape index (κ2) is 6.56. The fourth-order valence-corrected chi connectivity index (χ4v) is 2.75. The first kappa shape index (κ1) is 15.3. The van der Waals surface area contributed by atoms with Crippen LogP contribution in [0.5, 0.6) is 5.75 Å². The van der Waals surface area contributed by atoms with Crippen LogP contribution in [0.3, 0.4) is 0 Å². The first-order chi connectivity index (χ1) is 10.0. The summed E-state index contributed by atoms with van der Waals surface area (Å²) in [5.74, 6) is 0.580. The summed E-state index contributed by atoms with van der Waals surface area (Å²) in [7, 11) is 0. The average molecular weight is 292 g/mol. The second-order valence-corrected chi connectivity index (χ2v) is 5.19. The average Bonchev–Trinajstić information content (AvgIpc) is 2.47. The van der Waals surface area contributed by atoms with E-state index in [2.05, 4.69) is 0 Å². The summed E-state index contributed by atoms with van der Waals surface area (Å²) in [6, 6.07) is 5.13. The molecule has 0 aliphatic carbocycles. The molecule has 0 amide bonds. The van der Waals surface area contributed by atoms with Crippen molar-refractivity contribution in [3.63, 3.8) is 0 Å². The van der Waals surface area contributed by atoms with Gasteiger partial charge in [-0.3, -0.25) is 14.9 Å². The second-order valence-electron chi connectivity index (χ2n) is 5.19. The number of benzene rings is 1. The van der Waals surface area contributed by atoms with E-state index >= 15 is 0 Å². The monoisotopic (exact) mass is 292 g/mol. The largest absolute Gasteiger partial charge is 0.487 e. The molecular weight excluding hydrogens is 272 g/mol. The van der Waals surface area contributed by atoms with Crippen molar-refractivity contribution in [3.05, 3.63) is 28.3 Å². The van der Waals surface area contributed by atoms with Gasteiger partial charge in [-0.1, -0.05) is 6.07 Å². The standard InChI is InChI=1S/C15H20N2O4/c1-3-21-14-6-4-5-13(15(14)17(19)20)16-9-7-12(8-10-16)11(2)18/h4-6,12H,3,7-10H2,1-2H3. The van der Waals surface area contributed by atoms with Crippen LogP contribution in [0.4, 0.5) is 11.4 Å². The Morgan fingerprint density at radius 2 is 2.10 bits per heavy atom. The van der Waals surface area contributed by atoms with E-state index in [1.165, 1.54) is 0 Å². The highest BCUT2D eigenvalue weighted by atomic mass is 16.6. The van der Waals surface area contributed by atoms with Crippen molar-refractivity contribution in [2.45, 2.75) is 26.7 Å². The molecule has 1 aliphatic heterocycles. The minimum atomic E-state index is -0.391. The predicted molar refractivity (Wildman–Crippen MR) is 79.9 cm³/mol. The molecule has 0 N–H and O–H groups in total. The molecule has 0 spiro atoms. The molecule has 0 unspecified atom stereocenters. The zero-order valence-corrected chi connectivity index (χ0v) is 12.4. The number of hydrogen-bond donors (Lipinski definition) is 0. The van der Waals surface area contributed by atoms with E-state index in [-0.39, 0.29) is 17.4 Å². The summed E-state index contributed by atoms with van der Waals surface area (Å²) < 4.78 is 5.37. The van der Waals surface area contributed by atoms with Crippen LogP contribution in [-0.4, -0.2) is 30.4 Å². The molecule has 0 radical (unpaired) electrons. The summed E-state index contributed by atoms with van der Waals surface area (Å²) >= 11 is 0. The van der Waals surface area contributed by atoms with Crippen molar-refractivity contribution >= 4 is 17.2 Å². The van der Waals surface area contributed by atoms with Crippen LogP contribution in [0.2, 0.25) is 0 Å². The molecule has 6 heteroatoms. The Hall–Kier alpha value is -2.11. The number of nitrogens with zero attached hydrogens (tertiary/aromatic N) is 2. The third-order valence-electron chi connectivity index (χ3n) is 3.87. The zero-order valence-electron chi connectivity index (χ0n) is 12.4. The lowest BCUT2D eigenvalue weighted by Gasteiger charge is -2.32. The Balaban J connectivity index is 2.26. The number of carbonyl (C=O) groups is 1. The van der Waals surface area contributed by atoms with Gasteiger partial charge in [0.15, 0.2) is 5.75 Å². The number of carbonyl (C=O) groups excluding carboxylic acids is 1. The van der Waals surface area contributed by atoms with Gasteiger partial charge in [-0.2, -0.15) is 0 Å². The van der Waals surface area contributed by atoms with E-state index < -0.39 is 4.92 Å². The third-order valence-corrected chi connectivity index (χ3v) is 3.87. The van der Waals surface area contributed by atoms with Gasteiger partial charge in [-0.05, 0) is 38.8 Å². The molecular formula is C15H20N2O4.